The van der Waals surface area contributed by atoms with Crippen molar-refractivity contribution < 1.29 is 33.3 Å². The Balaban J connectivity index is 1.07. The number of furan rings is 1. The van der Waals surface area contributed by atoms with Crippen LogP contribution in [0.25, 0.3) is 34.1 Å². The van der Waals surface area contributed by atoms with Crippen molar-refractivity contribution in [2.75, 3.05) is 0 Å². The number of nitro benzene ring substituents is 1. The molecule has 2 aromatic heterocycles. The van der Waals surface area contributed by atoms with E-state index in [0.717, 1.165) is 4.90 Å². The number of carbonyl (C=O) groups is 5. The van der Waals surface area contributed by atoms with Crippen LogP contribution in [-0.4, -0.2) is 55.4 Å². The molecule has 2 N–H and O–H groups in total. The van der Waals surface area contributed by atoms with Crippen molar-refractivity contribution in [2.45, 2.75) is 25.4 Å². The first-order valence-electron chi connectivity index (χ1n) is 15.1. The van der Waals surface area contributed by atoms with E-state index in [9.17, 15) is 34.1 Å². The zero-order valence-electron chi connectivity index (χ0n) is 25.4. The number of benzene rings is 3. The fraction of sp³-hybridized carbons (Fsp3) is 0.114. The molecule has 0 radical (unpaired) electrons. The number of hydrogen-bond acceptors (Lipinski definition) is 10. The van der Waals surface area contributed by atoms with Crippen molar-refractivity contribution in [1.29, 1.82) is 0 Å². The Labute approximate surface area is 276 Å². The number of non-ortho nitro benzene ring substituents is 1. The van der Waals surface area contributed by atoms with Crippen LogP contribution in [0.4, 0.5) is 5.69 Å². The van der Waals surface area contributed by atoms with Crippen LogP contribution in [0.5, 0.6) is 0 Å². The molecule has 4 heterocycles. The van der Waals surface area contributed by atoms with Gasteiger partial charge in [0.05, 0.1) is 33.7 Å². The highest BCUT2D eigenvalue weighted by Crippen LogP contribution is 2.30. The summed E-state index contributed by atoms with van der Waals surface area (Å²) in [6.07, 6.45) is 1.58. The van der Waals surface area contributed by atoms with Gasteiger partial charge in [0.25, 0.3) is 23.4 Å². The summed E-state index contributed by atoms with van der Waals surface area (Å²) in [5.74, 6) is -2.01. The molecule has 0 aliphatic carbocycles. The Morgan fingerprint density at radius 2 is 1.57 bits per heavy atom. The number of fused-ring (bicyclic) bond motifs is 1. The van der Waals surface area contributed by atoms with Crippen molar-refractivity contribution in [3.63, 3.8) is 0 Å². The second-order valence-electron chi connectivity index (χ2n) is 11.3. The van der Waals surface area contributed by atoms with E-state index >= 15 is 0 Å². The average molecular weight is 657 g/mol. The zero-order valence-corrected chi connectivity index (χ0v) is 25.4. The third-order valence-corrected chi connectivity index (χ3v) is 8.24. The highest BCUT2D eigenvalue weighted by atomic mass is 16.6. The van der Waals surface area contributed by atoms with E-state index in [0.29, 0.717) is 45.2 Å². The van der Waals surface area contributed by atoms with Crippen LogP contribution in [0.3, 0.4) is 0 Å². The van der Waals surface area contributed by atoms with E-state index in [2.05, 4.69) is 20.6 Å². The minimum absolute atomic E-state index is 0.0242. The Kier molecular flexibility index (Phi) is 7.80. The van der Waals surface area contributed by atoms with Gasteiger partial charge in [-0.3, -0.25) is 44.3 Å². The number of nitrogens with one attached hydrogen (secondary N) is 2. The molecule has 7 rings (SSSR count). The molecule has 5 amide bonds. The monoisotopic (exact) mass is 656 g/mol. The van der Waals surface area contributed by atoms with Crippen molar-refractivity contribution >= 4 is 35.2 Å². The van der Waals surface area contributed by atoms with Crippen molar-refractivity contribution in [3.05, 3.63) is 124 Å². The quantitative estimate of drug-likeness (QED) is 0.138. The van der Waals surface area contributed by atoms with Crippen LogP contribution >= 0.6 is 0 Å². The number of nitro groups is 1. The minimum atomic E-state index is -1.07. The Bertz CT molecular complexity index is 2180. The van der Waals surface area contributed by atoms with Crippen LogP contribution < -0.4 is 10.6 Å². The molecule has 2 aliphatic heterocycles. The lowest BCUT2D eigenvalue weighted by Gasteiger charge is -2.27. The van der Waals surface area contributed by atoms with Gasteiger partial charge in [0.15, 0.2) is 11.6 Å². The third-order valence-electron chi connectivity index (χ3n) is 8.24. The Morgan fingerprint density at radius 1 is 0.898 bits per heavy atom. The molecule has 1 unspecified atom stereocenters. The number of nitrogens with zero attached hydrogens (tertiary/aromatic N) is 4. The van der Waals surface area contributed by atoms with Crippen molar-refractivity contribution in [1.82, 2.24) is 25.5 Å². The summed E-state index contributed by atoms with van der Waals surface area (Å²) in [5.41, 5.74) is 3.52. The summed E-state index contributed by atoms with van der Waals surface area (Å²) in [4.78, 5) is 83.8. The lowest BCUT2D eigenvalue weighted by Crippen LogP contribution is -2.54. The van der Waals surface area contributed by atoms with Gasteiger partial charge in [0.2, 0.25) is 11.8 Å². The molecule has 1 saturated heterocycles. The average Bonchev–Trinajstić information content (AvgIpc) is 3.74. The highest BCUT2D eigenvalue weighted by Gasteiger charge is 2.44. The third kappa shape index (κ3) is 5.93. The molecule has 5 aromatic rings. The lowest BCUT2D eigenvalue weighted by atomic mass is 10.0. The van der Waals surface area contributed by atoms with Gasteiger partial charge in [0.1, 0.15) is 6.04 Å². The zero-order chi connectivity index (χ0) is 34.2. The fourth-order valence-corrected chi connectivity index (χ4v) is 5.72. The van der Waals surface area contributed by atoms with Crippen LogP contribution in [0.1, 0.15) is 49.5 Å². The summed E-state index contributed by atoms with van der Waals surface area (Å²) in [6, 6.07) is 21.4. The maximum Gasteiger partial charge on any atom is 0.269 e. The summed E-state index contributed by atoms with van der Waals surface area (Å²) >= 11 is 0. The first-order chi connectivity index (χ1) is 23.7. The second-order valence-corrected chi connectivity index (χ2v) is 11.3. The van der Waals surface area contributed by atoms with E-state index in [-0.39, 0.29) is 42.1 Å². The van der Waals surface area contributed by atoms with Gasteiger partial charge in [-0.15, -0.1) is 0 Å². The van der Waals surface area contributed by atoms with E-state index in [1.165, 1.54) is 30.5 Å². The smallest absolute Gasteiger partial charge is 0.269 e. The van der Waals surface area contributed by atoms with Gasteiger partial charge in [-0.05, 0) is 66.6 Å². The maximum absolute atomic E-state index is 13.1. The standard InChI is InChI=1S/C35H24N6O8/c42-30-14-13-28(33(44)39-30)40-34(45)24-12-3-19(16-25(24)35(40)46)18-36-32(43)22-6-4-20(5-7-22)26-17-27(21-8-10-23(11-9-21)41(47)48)38-31(37-26)29-2-1-15-49-29/h1-12,15-17,28H,13-14,18H2,(H,36,43)(H,39,42,44). The second kappa shape index (κ2) is 12.4. The van der Waals surface area contributed by atoms with Crippen LogP contribution in [0.2, 0.25) is 0 Å². The molecule has 2 aliphatic rings. The lowest BCUT2D eigenvalue weighted by molar-refractivity contribution is -0.384. The summed E-state index contributed by atoms with van der Waals surface area (Å²) in [7, 11) is 0. The molecule has 1 atom stereocenters. The van der Waals surface area contributed by atoms with Gasteiger partial charge in [-0.1, -0.05) is 18.2 Å². The number of carbonyl (C=O) groups excluding carboxylic acids is 5. The molecule has 1 fully saturated rings. The molecule has 0 saturated carbocycles. The van der Waals surface area contributed by atoms with E-state index in [1.807, 2.05) is 0 Å². The largest absolute Gasteiger partial charge is 0.461 e. The van der Waals surface area contributed by atoms with Crippen LogP contribution in [0, 0.1) is 10.1 Å². The first kappa shape index (κ1) is 30.8. The highest BCUT2D eigenvalue weighted by molar-refractivity contribution is 6.23. The molecule has 14 nitrogen and oxygen atoms in total. The van der Waals surface area contributed by atoms with E-state index < -0.39 is 34.6 Å². The number of piperidine rings is 1. The van der Waals surface area contributed by atoms with Gasteiger partial charge in [0, 0.05) is 41.8 Å². The molecular formula is C35H24N6O8. The Morgan fingerprint density at radius 3 is 2.20 bits per heavy atom. The number of rotatable bonds is 8. The molecule has 14 heteroatoms. The number of hydrogen-bond donors (Lipinski definition) is 2. The summed E-state index contributed by atoms with van der Waals surface area (Å²) < 4.78 is 5.51. The molecule has 0 spiro atoms. The number of imide groups is 2. The molecule has 242 valence electrons. The Hall–Kier alpha value is -6.83. The van der Waals surface area contributed by atoms with E-state index in [4.69, 9.17) is 4.42 Å². The minimum Gasteiger partial charge on any atom is -0.461 e. The van der Waals surface area contributed by atoms with Gasteiger partial charge < -0.3 is 9.73 Å². The molecule has 0 bridgehead atoms. The van der Waals surface area contributed by atoms with Crippen molar-refractivity contribution in [2.24, 2.45) is 0 Å². The summed E-state index contributed by atoms with van der Waals surface area (Å²) in [6.45, 7) is 0.0603. The predicted octanol–water partition coefficient (Wildman–Crippen LogP) is 4.31. The summed E-state index contributed by atoms with van der Waals surface area (Å²) in [5, 5.41) is 16.1. The predicted molar refractivity (Wildman–Crippen MR) is 172 cm³/mol. The normalized spacial score (nSPS) is 15.6. The van der Waals surface area contributed by atoms with E-state index in [1.54, 1.807) is 60.7 Å². The number of aromatic nitrogens is 2. The topological polar surface area (TPSA) is 195 Å². The fourth-order valence-electron chi connectivity index (χ4n) is 5.72. The van der Waals surface area contributed by atoms with Gasteiger partial charge >= 0.3 is 0 Å². The first-order valence-corrected chi connectivity index (χ1v) is 15.1. The van der Waals surface area contributed by atoms with Gasteiger partial charge in [-0.2, -0.15) is 0 Å². The SMILES string of the molecule is O=C1CCC(N2C(=O)c3ccc(CNC(=O)c4ccc(-c5cc(-c6ccc([N+](=O)[O-])cc6)nc(-c6ccco6)n5)cc4)cc3C2=O)C(=O)N1. The maximum atomic E-state index is 13.1. The van der Waals surface area contributed by atoms with Crippen molar-refractivity contribution in [3.8, 4) is 34.1 Å². The molecular weight excluding hydrogens is 632 g/mol. The van der Waals surface area contributed by atoms with Crippen LogP contribution in [0.15, 0.2) is 95.6 Å². The molecule has 49 heavy (non-hydrogen) atoms. The van der Waals surface area contributed by atoms with Crippen LogP contribution in [-0.2, 0) is 16.1 Å². The van der Waals surface area contributed by atoms with Gasteiger partial charge in [-0.25, -0.2) is 9.97 Å². The molecule has 3 aromatic carbocycles. The number of amides is 5.